The van der Waals surface area contributed by atoms with Crippen molar-refractivity contribution in [3.05, 3.63) is 22.4 Å². The van der Waals surface area contributed by atoms with Crippen molar-refractivity contribution < 1.29 is 0 Å². The summed E-state index contributed by atoms with van der Waals surface area (Å²) in [5, 5.41) is 9.47. The monoisotopic (exact) mass is 255 g/mol. The zero-order chi connectivity index (χ0) is 12.4. The van der Waals surface area contributed by atoms with Crippen molar-refractivity contribution in [1.29, 1.82) is 0 Å². The molecule has 0 aliphatic rings. The van der Waals surface area contributed by atoms with E-state index in [0.717, 1.165) is 6.54 Å². The minimum absolute atomic E-state index is 0.273. The molecule has 2 aromatic heterocycles. The number of nitrogens with zero attached hydrogens (tertiary/aromatic N) is 3. The maximum atomic E-state index is 11.4. The maximum Gasteiger partial charge on any atom is 0.349 e. The summed E-state index contributed by atoms with van der Waals surface area (Å²) >= 11 is 5.72. The van der Waals surface area contributed by atoms with E-state index in [1.165, 1.54) is 4.40 Å². The fourth-order valence-electron chi connectivity index (χ4n) is 1.52. The summed E-state index contributed by atoms with van der Waals surface area (Å²) in [6.45, 7) is 4.55. The van der Waals surface area contributed by atoms with Gasteiger partial charge in [0.1, 0.15) is 11.6 Å². The molecule has 1 atom stereocenters. The molecule has 7 heteroatoms. The highest BCUT2D eigenvalue weighted by atomic mass is 35.5. The van der Waals surface area contributed by atoms with Crippen LogP contribution in [-0.4, -0.2) is 32.0 Å². The van der Waals surface area contributed by atoms with Crippen LogP contribution in [0, 0.1) is 12.8 Å². The van der Waals surface area contributed by atoms with Gasteiger partial charge in [-0.3, -0.25) is 0 Å². The lowest BCUT2D eigenvalue weighted by atomic mass is 10.2. The van der Waals surface area contributed by atoms with Gasteiger partial charge in [-0.1, -0.05) is 6.92 Å². The second-order valence-electron chi connectivity index (χ2n) is 4.05. The molecule has 0 aliphatic heterocycles. The second-order valence-corrected chi connectivity index (χ2v) is 4.36. The number of hydrogen-bond donors (Lipinski definition) is 2. The van der Waals surface area contributed by atoms with Crippen LogP contribution in [0.25, 0.3) is 5.65 Å². The number of H-pyrrole nitrogens is 1. The molecule has 0 fully saturated rings. The van der Waals surface area contributed by atoms with Crippen molar-refractivity contribution in [2.24, 2.45) is 5.92 Å². The lowest BCUT2D eigenvalue weighted by Crippen LogP contribution is -2.16. The Morgan fingerprint density at radius 2 is 2.41 bits per heavy atom. The Labute approximate surface area is 103 Å². The summed E-state index contributed by atoms with van der Waals surface area (Å²) in [5.41, 5.74) is 0.286. The summed E-state index contributed by atoms with van der Waals surface area (Å²) in [4.78, 5) is 15.7. The van der Waals surface area contributed by atoms with E-state index in [4.69, 9.17) is 11.6 Å². The van der Waals surface area contributed by atoms with Crippen LogP contribution in [0.3, 0.4) is 0 Å². The molecule has 0 bridgehead atoms. The molecule has 2 N–H and O–H groups in total. The summed E-state index contributed by atoms with van der Waals surface area (Å²) in [6.07, 6.45) is 0. The van der Waals surface area contributed by atoms with E-state index >= 15 is 0 Å². The molecule has 0 aromatic carbocycles. The third-order valence-electron chi connectivity index (χ3n) is 2.47. The van der Waals surface area contributed by atoms with Crippen LogP contribution in [0.15, 0.2) is 10.9 Å². The third-order valence-corrected chi connectivity index (χ3v) is 2.99. The Hall–Kier alpha value is -1.56. The fraction of sp³-hybridized carbons (Fsp3) is 0.500. The molecular weight excluding hydrogens is 242 g/mol. The zero-order valence-electron chi connectivity index (χ0n) is 9.70. The van der Waals surface area contributed by atoms with Gasteiger partial charge in [-0.05, 0) is 12.8 Å². The first-order valence-electron chi connectivity index (χ1n) is 5.36. The first-order valence-corrected chi connectivity index (χ1v) is 5.90. The van der Waals surface area contributed by atoms with Gasteiger partial charge in [-0.25, -0.2) is 19.3 Å². The first kappa shape index (κ1) is 11.9. The molecule has 2 aromatic rings. The number of hydrogen-bond acceptors (Lipinski definition) is 4. The molecule has 0 aliphatic carbocycles. The molecule has 17 heavy (non-hydrogen) atoms. The average molecular weight is 256 g/mol. The van der Waals surface area contributed by atoms with Crippen LogP contribution in [0.1, 0.15) is 12.7 Å². The molecule has 0 saturated carbocycles. The van der Waals surface area contributed by atoms with Crippen LogP contribution < -0.4 is 11.0 Å². The molecule has 0 amide bonds. The number of aryl methyl sites for hydroxylation is 1. The van der Waals surface area contributed by atoms with Gasteiger partial charge >= 0.3 is 5.69 Å². The lowest BCUT2D eigenvalue weighted by Gasteiger charge is -2.10. The fourth-order valence-corrected chi connectivity index (χ4v) is 1.63. The third kappa shape index (κ3) is 2.41. The van der Waals surface area contributed by atoms with E-state index in [-0.39, 0.29) is 5.69 Å². The van der Waals surface area contributed by atoms with Crippen molar-refractivity contribution in [3.8, 4) is 0 Å². The van der Waals surface area contributed by atoms with Gasteiger partial charge in [0.25, 0.3) is 0 Å². The second kappa shape index (κ2) is 4.75. The highest BCUT2D eigenvalue weighted by Crippen LogP contribution is 2.09. The van der Waals surface area contributed by atoms with Crippen LogP contribution >= 0.6 is 11.6 Å². The van der Waals surface area contributed by atoms with Gasteiger partial charge in [0.2, 0.25) is 0 Å². The van der Waals surface area contributed by atoms with E-state index in [1.54, 1.807) is 13.0 Å². The Kier molecular flexibility index (Phi) is 3.33. The first-order chi connectivity index (χ1) is 8.11. The largest absolute Gasteiger partial charge is 0.370 e. The zero-order valence-corrected chi connectivity index (χ0v) is 10.5. The predicted molar refractivity (Wildman–Crippen MR) is 66.7 cm³/mol. The molecular formula is C10H14ClN5O. The molecule has 0 radical (unpaired) electrons. The summed E-state index contributed by atoms with van der Waals surface area (Å²) in [6, 6.07) is 1.73. The molecule has 0 spiro atoms. The summed E-state index contributed by atoms with van der Waals surface area (Å²) < 4.78 is 1.43. The van der Waals surface area contributed by atoms with Crippen LogP contribution in [0.5, 0.6) is 0 Å². The predicted octanol–water partition coefficient (Wildman–Crippen LogP) is 1.01. The molecule has 2 rings (SSSR count). The molecule has 1 unspecified atom stereocenters. The Morgan fingerprint density at radius 1 is 1.65 bits per heavy atom. The van der Waals surface area contributed by atoms with Gasteiger partial charge in [0.15, 0.2) is 5.65 Å². The number of aromatic amines is 1. The van der Waals surface area contributed by atoms with Gasteiger partial charge in [0, 0.05) is 18.5 Å². The topological polar surface area (TPSA) is 75.1 Å². The minimum Gasteiger partial charge on any atom is -0.370 e. The quantitative estimate of drug-likeness (QED) is 0.800. The van der Waals surface area contributed by atoms with Crippen molar-refractivity contribution in [1.82, 2.24) is 19.6 Å². The highest BCUT2D eigenvalue weighted by molar-refractivity contribution is 6.18. The number of nitrogens with one attached hydrogen (secondary N) is 2. The molecule has 0 saturated heterocycles. The van der Waals surface area contributed by atoms with Gasteiger partial charge in [-0.2, -0.15) is 5.10 Å². The average Bonchev–Trinajstić information content (AvgIpc) is 2.68. The highest BCUT2D eigenvalue weighted by Gasteiger charge is 2.07. The van der Waals surface area contributed by atoms with E-state index in [1.807, 2.05) is 6.92 Å². The smallest absolute Gasteiger partial charge is 0.349 e. The van der Waals surface area contributed by atoms with Crippen molar-refractivity contribution in [3.63, 3.8) is 0 Å². The van der Waals surface area contributed by atoms with Crippen molar-refractivity contribution in [2.45, 2.75) is 13.8 Å². The SMILES string of the molecule is Cc1nc(NCC(C)CCl)cc2n[nH]c(=O)n12. The number of alkyl halides is 1. The number of aromatic nitrogens is 4. The van der Waals surface area contributed by atoms with E-state index in [2.05, 4.69) is 20.5 Å². The lowest BCUT2D eigenvalue weighted by molar-refractivity contribution is 0.694. The normalized spacial score (nSPS) is 12.9. The number of halogens is 1. The van der Waals surface area contributed by atoms with Gasteiger partial charge in [-0.15, -0.1) is 11.6 Å². The molecule has 92 valence electrons. The van der Waals surface area contributed by atoms with Crippen molar-refractivity contribution in [2.75, 3.05) is 17.7 Å². The Bertz CT molecular complexity index is 576. The Morgan fingerprint density at radius 3 is 3.12 bits per heavy atom. The molecule has 6 nitrogen and oxygen atoms in total. The minimum atomic E-state index is -0.273. The number of rotatable bonds is 4. The maximum absolute atomic E-state index is 11.4. The van der Waals surface area contributed by atoms with E-state index in [9.17, 15) is 4.79 Å². The number of fused-ring (bicyclic) bond motifs is 1. The van der Waals surface area contributed by atoms with Crippen LogP contribution in [-0.2, 0) is 0 Å². The van der Waals surface area contributed by atoms with Crippen LogP contribution in [0.2, 0.25) is 0 Å². The van der Waals surface area contributed by atoms with Gasteiger partial charge in [0.05, 0.1) is 0 Å². The van der Waals surface area contributed by atoms with E-state index in [0.29, 0.717) is 29.1 Å². The molecule has 2 heterocycles. The standard InChI is InChI=1S/C10H14ClN5O/c1-6(4-11)5-12-8-3-9-14-15-10(17)16(9)7(2)13-8/h3,6,12H,4-5H2,1-2H3,(H,15,17). The summed E-state index contributed by atoms with van der Waals surface area (Å²) in [7, 11) is 0. The summed E-state index contributed by atoms with van der Waals surface area (Å²) in [5.74, 6) is 2.25. The number of anilines is 1. The van der Waals surface area contributed by atoms with Gasteiger partial charge < -0.3 is 5.32 Å². The van der Waals surface area contributed by atoms with Crippen molar-refractivity contribution >= 4 is 23.1 Å². The van der Waals surface area contributed by atoms with E-state index < -0.39 is 0 Å². The Balaban J connectivity index is 2.28. The van der Waals surface area contributed by atoms with Crippen LogP contribution in [0.4, 0.5) is 5.82 Å².